The summed E-state index contributed by atoms with van der Waals surface area (Å²) in [6.45, 7) is 1.98. The molecule has 0 aliphatic heterocycles. The van der Waals surface area contributed by atoms with Crippen LogP contribution in [-0.4, -0.2) is 18.5 Å². The van der Waals surface area contributed by atoms with E-state index in [9.17, 15) is 9.59 Å². The molecule has 3 heterocycles. The first-order valence-electron chi connectivity index (χ1n) is 8.39. The minimum atomic E-state index is -0.418. The number of nitrogens with zero attached hydrogens (tertiary/aromatic N) is 4. The van der Waals surface area contributed by atoms with Gasteiger partial charge in [-0.1, -0.05) is 29.8 Å². The molecule has 0 unspecified atom stereocenters. The lowest BCUT2D eigenvalue weighted by Crippen LogP contribution is -2.38. The van der Waals surface area contributed by atoms with Gasteiger partial charge in [0.05, 0.1) is 17.0 Å². The van der Waals surface area contributed by atoms with E-state index in [2.05, 4.69) is 4.98 Å². The summed E-state index contributed by atoms with van der Waals surface area (Å²) in [6, 6.07) is 11.0. The fourth-order valence-electron chi connectivity index (χ4n) is 3.25. The lowest BCUT2D eigenvalue weighted by Gasteiger charge is -2.15. The Hall–Kier alpha value is -3.12. The fraction of sp³-hybridized carbons (Fsp3) is 0.150. The summed E-state index contributed by atoms with van der Waals surface area (Å²) in [5, 5.41) is 0.460. The quantitative estimate of drug-likeness (QED) is 0.537. The van der Waals surface area contributed by atoms with Gasteiger partial charge in [0.15, 0.2) is 0 Å². The minimum absolute atomic E-state index is 0.342. The van der Waals surface area contributed by atoms with Gasteiger partial charge in [-0.05, 0) is 30.7 Å². The highest BCUT2D eigenvalue weighted by Gasteiger charge is 2.22. The second-order valence-corrected chi connectivity index (χ2v) is 6.91. The third-order valence-corrected chi connectivity index (χ3v) is 4.99. The summed E-state index contributed by atoms with van der Waals surface area (Å²) in [7, 11) is 3.09. The van der Waals surface area contributed by atoms with Crippen molar-refractivity contribution in [3.63, 3.8) is 0 Å². The third-order valence-electron chi connectivity index (χ3n) is 4.67. The van der Waals surface area contributed by atoms with Crippen molar-refractivity contribution in [1.82, 2.24) is 18.5 Å². The first-order valence-corrected chi connectivity index (χ1v) is 8.77. The van der Waals surface area contributed by atoms with Gasteiger partial charge in [0.2, 0.25) is 0 Å². The van der Waals surface area contributed by atoms with Crippen LogP contribution < -0.4 is 11.2 Å². The molecule has 0 saturated heterocycles. The predicted octanol–water partition coefficient (Wildman–Crippen LogP) is 3.03. The van der Waals surface area contributed by atoms with Crippen LogP contribution in [-0.2, 0) is 14.1 Å². The van der Waals surface area contributed by atoms with Gasteiger partial charge in [0, 0.05) is 37.1 Å². The SMILES string of the molecule is Cc1ccn2cc(-c3c(-c4ccccc4Cl)n(C)c(=O)n(C)c3=O)nc2c1. The summed E-state index contributed by atoms with van der Waals surface area (Å²) in [5.74, 6) is 0. The van der Waals surface area contributed by atoms with Crippen molar-refractivity contribution in [2.24, 2.45) is 14.1 Å². The van der Waals surface area contributed by atoms with Crippen molar-refractivity contribution in [2.45, 2.75) is 6.92 Å². The number of fused-ring (bicyclic) bond motifs is 1. The molecule has 4 aromatic rings. The molecule has 0 atom stereocenters. The summed E-state index contributed by atoms with van der Waals surface area (Å²) in [6.07, 6.45) is 3.68. The van der Waals surface area contributed by atoms with Crippen LogP contribution in [0.2, 0.25) is 5.02 Å². The zero-order valence-electron chi connectivity index (χ0n) is 15.1. The molecule has 0 aliphatic carbocycles. The van der Waals surface area contributed by atoms with E-state index >= 15 is 0 Å². The molecular weight excluding hydrogens is 364 g/mol. The molecule has 0 saturated carbocycles. The lowest BCUT2D eigenvalue weighted by atomic mass is 10.0. The molecular formula is C20H17ClN4O2. The van der Waals surface area contributed by atoms with Crippen LogP contribution in [0.4, 0.5) is 0 Å². The van der Waals surface area contributed by atoms with E-state index in [0.717, 1.165) is 15.8 Å². The van der Waals surface area contributed by atoms with Crippen molar-refractivity contribution in [2.75, 3.05) is 0 Å². The van der Waals surface area contributed by atoms with E-state index in [1.54, 1.807) is 31.4 Å². The molecule has 0 fully saturated rings. The fourth-order valence-corrected chi connectivity index (χ4v) is 3.47. The average molecular weight is 381 g/mol. The lowest BCUT2D eigenvalue weighted by molar-refractivity contribution is 0.694. The normalized spacial score (nSPS) is 11.3. The highest BCUT2D eigenvalue weighted by molar-refractivity contribution is 6.33. The van der Waals surface area contributed by atoms with Gasteiger partial charge in [0.25, 0.3) is 5.56 Å². The Bertz CT molecular complexity index is 1310. The Labute approximate surface area is 159 Å². The Morgan fingerprint density at radius 1 is 1.04 bits per heavy atom. The number of imidazole rings is 1. The number of aryl methyl sites for hydroxylation is 1. The van der Waals surface area contributed by atoms with Gasteiger partial charge in [-0.2, -0.15) is 0 Å². The third kappa shape index (κ3) is 2.69. The Morgan fingerprint density at radius 2 is 1.78 bits per heavy atom. The van der Waals surface area contributed by atoms with Crippen LogP contribution in [0.1, 0.15) is 5.56 Å². The summed E-state index contributed by atoms with van der Waals surface area (Å²) < 4.78 is 4.38. The zero-order chi connectivity index (χ0) is 19.3. The zero-order valence-corrected chi connectivity index (χ0v) is 15.9. The number of halogens is 1. The van der Waals surface area contributed by atoms with Crippen LogP contribution >= 0.6 is 11.6 Å². The largest absolute Gasteiger partial charge is 0.330 e. The molecule has 0 amide bonds. The minimum Gasteiger partial charge on any atom is -0.306 e. The average Bonchev–Trinajstić information content (AvgIpc) is 3.06. The smallest absolute Gasteiger partial charge is 0.306 e. The standard InChI is InChI=1S/C20H17ClN4O2/c1-12-8-9-25-11-15(22-16(25)10-12)17-18(13-6-4-5-7-14(13)21)23(2)20(27)24(3)19(17)26/h4-11H,1-3H3. The highest BCUT2D eigenvalue weighted by atomic mass is 35.5. The van der Waals surface area contributed by atoms with E-state index < -0.39 is 11.2 Å². The van der Waals surface area contributed by atoms with E-state index in [-0.39, 0.29) is 0 Å². The number of benzene rings is 1. The molecule has 0 aliphatic rings. The molecule has 136 valence electrons. The summed E-state index contributed by atoms with van der Waals surface area (Å²) in [4.78, 5) is 30.2. The maximum absolute atomic E-state index is 13.0. The molecule has 0 spiro atoms. The number of pyridine rings is 1. The first-order chi connectivity index (χ1) is 12.9. The maximum atomic E-state index is 13.0. The van der Waals surface area contributed by atoms with E-state index in [4.69, 9.17) is 11.6 Å². The topological polar surface area (TPSA) is 61.3 Å². The van der Waals surface area contributed by atoms with Crippen LogP contribution in [0.5, 0.6) is 0 Å². The molecule has 0 radical (unpaired) electrons. The van der Waals surface area contributed by atoms with Gasteiger partial charge in [0.1, 0.15) is 5.65 Å². The molecule has 0 N–H and O–H groups in total. The van der Waals surface area contributed by atoms with Crippen LogP contribution in [0, 0.1) is 6.92 Å². The van der Waals surface area contributed by atoms with Gasteiger partial charge in [-0.15, -0.1) is 0 Å². The van der Waals surface area contributed by atoms with Gasteiger partial charge in [-0.25, -0.2) is 9.78 Å². The van der Waals surface area contributed by atoms with Crippen molar-refractivity contribution in [3.05, 3.63) is 80.2 Å². The molecule has 4 rings (SSSR count). The van der Waals surface area contributed by atoms with E-state index in [1.807, 2.05) is 35.7 Å². The Balaban J connectivity index is 2.15. The Kier molecular flexibility index (Phi) is 4.00. The van der Waals surface area contributed by atoms with Crippen LogP contribution in [0.3, 0.4) is 0 Å². The van der Waals surface area contributed by atoms with Crippen LogP contribution in [0.15, 0.2) is 58.4 Å². The number of hydrogen-bond acceptors (Lipinski definition) is 3. The number of aromatic nitrogens is 4. The number of hydrogen-bond donors (Lipinski definition) is 0. The second-order valence-electron chi connectivity index (χ2n) is 6.50. The van der Waals surface area contributed by atoms with E-state index in [0.29, 0.717) is 27.5 Å². The van der Waals surface area contributed by atoms with Gasteiger partial charge < -0.3 is 4.40 Å². The number of rotatable bonds is 2. The predicted molar refractivity (Wildman–Crippen MR) is 106 cm³/mol. The maximum Gasteiger partial charge on any atom is 0.330 e. The molecule has 7 heteroatoms. The van der Waals surface area contributed by atoms with Crippen LogP contribution in [0.25, 0.3) is 28.2 Å². The second kappa shape index (κ2) is 6.25. The van der Waals surface area contributed by atoms with E-state index in [1.165, 1.54) is 11.6 Å². The molecule has 0 bridgehead atoms. The Morgan fingerprint density at radius 3 is 2.52 bits per heavy atom. The van der Waals surface area contributed by atoms with Crippen molar-refractivity contribution < 1.29 is 0 Å². The van der Waals surface area contributed by atoms with Gasteiger partial charge in [-0.3, -0.25) is 13.9 Å². The first kappa shape index (κ1) is 17.3. The summed E-state index contributed by atoms with van der Waals surface area (Å²) >= 11 is 6.38. The molecule has 27 heavy (non-hydrogen) atoms. The van der Waals surface area contributed by atoms with Crippen molar-refractivity contribution >= 4 is 17.2 Å². The monoisotopic (exact) mass is 380 g/mol. The van der Waals surface area contributed by atoms with Crippen molar-refractivity contribution in [3.8, 4) is 22.5 Å². The van der Waals surface area contributed by atoms with Gasteiger partial charge >= 0.3 is 5.69 Å². The molecule has 6 nitrogen and oxygen atoms in total. The summed E-state index contributed by atoms with van der Waals surface area (Å²) in [5.41, 5.74) is 2.87. The molecule has 1 aromatic carbocycles. The molecule has 3 aromatic heterocycles. The highest BCUT2D eigenvalue weighted by Crippen LogP contribution is 2.32. The van der Waals surface area contributed by atoms with Crippen molar-refractivity contribution in [1.29, 1.82) is 0 Å².